The zero-order valence-electron chi connectivity index (χ0n) is 11.7. The smallest absolute Gasteiger partial charge is 0.326 e. The minimum atomic E-state index is -3.31. The molecule has 1 aromatic carbocycles. The van der Waals surface area contributed by atoms with Gasteiger partial charge in [0.25, 0.3) is 5.91 Å². The molecular formula is C13H15Cl2NO5S. The largest absolute Gasteiger partial charge is 0.480 e. The molecule has 0 saturated carbocycles. The maximum atomic E-state index is 12.0. The monoisotopic (exact) mass is 367 g/mol. The second-order valence-corrected chi connectivity index (χ2v) is 7.81. The van der Waals surface area contributed by atoms with E-state index in [1.54, 1.807) is 0 Å². The summed E-state index contributed by atoms with van der Waals surface area (Å²) in [4.78, 5) is 23.1. The van der Waals surface area contributed by atoms with Crippen LogP contribution in [0.3, 0.4) is 0 Å². The fourth-order valence-corrected chi connectivity index (χ4v) is 2.76. The van der Waals surface area contributed by atoms with Gasteiger partial charge in [-0.2, -0.15) is 0 Å². The van der Waals surface area contributed by atoms with E-state index in [-0.39, 0.29) is 33.5 Å². The Hall–Kier alpha value is -1.31. The first-order valence-corrected chi connectivity index (χ1v) is 8.93. The molecule has 9 heteroatoms. The van der Waals surface area contributed by atoms with Crippen LogP contribution in [-0.2, 0) is 14.6 Å². The predicted octanol–water partition coefficient (Wildman–Crippen LogP) is 2.00. The van der Waals surface area contributed by atoms with Gasteiger partial charge in [-0.3, -0.25) is 4.79 Å². The Balaban J connectivity index is 2.80. The fourth-order valence-electron chi connectivity index (χ4n) is 1.58. The summed E-state index contributed by atoms with van der Waals surface area (Å²) < 4.78 is 22.9. The van der Waals surface area contributed by atoms with Gasteiger partial charge in [-0.25, -0.2) is 13.2 Å². The summed E-state index contributed by atoms with van der Waals surface area (Å²) in [6, 6.07) is 2.81. The molecule has 0 bridgehead atoms. The second-order valence-electron chi connectivity index (χ2n) is 4.52. The van der Waals surface area contributed by atoms with E-state index in [1.807, 2.05) is 0 Å². The standard InChI is InChI=1S/C13H15Cl2NO5S/c1-2-22(20,21)6-5-11(13(18)19)16-12(17)8-3-4-9(14)10(15)7-8/h3-4,7,11H,2,5-6H2,1H3,(H,16,17)(H,18,19). The van der Waals surface area contributed by atoms with Gasteiger partial charge < -0.3 is 10.4 Å². The lowest BCUT2D eigenvalue weighted by Gasteiger charge is -2.14. The van der Waals surface area contributed by atoms with Crippen molar-refractivity contribution in [3.05, 3.63) is 33.8 Å². The highest BCUT2D eigenvalue weighted by Crippen LogP contribution is 2.22. The number of carbonyl (C=O) groups excluding carboxylic acids is 1. The van der Waals surface area contributed by atoms with Crippen molar-refractivity contribution in [2.45, 2.75) is 19.4 Å². The number of sulfone groups is 1. The summed E-state index contributed by atoms with van der Waals surface area (Å²) in [5, 5.41) is 11.8. The molecular weight excluding hydrogens is 353 g/mol. The molecule has 6 nitrogen and oxygen atoms in total. The van der Waals surface area contributed by atoms with Gasteiger partial charge in [0.15, 0.2) is 0 Å². The maximum Gasteiger partial charge on any atom is 0.326 e. The third kappa shape index (κ3) is 5.47. The van der Waals surface area contributed by atoms with Crippen LogP contribution in [-0.4, -0.2) is 42.9 Å². The third-order valence-corrected chi connectivity index (χ3v) is 5.42. The molecule has 1 atom stereocenters. The van der Waals surface area contributed by atoms with E-state index >= 15 is 0 Å². The number of halogens is 2. The van der Waals surface area contributed by atoms with Gasteiger partial charge in [-0.05, 0) is 24.6 Å². The average molecular weight is 368 g/mol. The number of aliphatic carboxylic acids is 1. The van der Waals surface area contributed by atoms with Gasteiger partial charge >= 0.3 is 5.97 Å². The molecule has 0 aromatic heterocycles. The second kappa shape index (κ2) is 7.80. The van der Waals surface area contributed by atoms with Crippen molar-refractivity contribution in [2.75, 3.05) is 11.5 Å². The van der Waals surface area contributed by atoms with E-state index in [9.17, 15) is 18.0 Å². The van der Waals surface area contributed by atoms with Crippen LogP contribution >= 0.6 is 23.2 Å². The number of carboxylic acid groups (broad SMARTS) is 1. The molecule has 0 radical (unpaired) electrons. The topological polar surface area (TPSA) is 101 Å². The molecule has 0 aliphatic carbocycles. The van der Waals surface area contributed by atoms with Gasteiger partial charge in [-0.15, -0.1) is 0 Å². The van der Waals surface area contributed by atoms with Gasteiger partial charge in [0.1, 0.15) is 15.9 Å². The number of carbonyl (C=O) groups is 2. The number of nitrogens with one attached hydrogen (secondary N) is 1. The molecule has 0 aliphatic rings. The molecule has 22 heavy (non-hydrogen) atoms. The average Bonchev–Trinajstić information content (AvgIpc) is 2.45. The van der Waals surface area contributed by atoms with Crippen molar-refractivity contribution >= 4 is 44.9 Å². The van der Waals surface area contributed by atoms with Crippen LogP contribution in [0.25, 0.3) is 0 Å². The van der Waals surface area contributed by atoms with Gasteiger partial charge in [0.05, 0.1) is 15.8 Å². The highest BCUT2D eigenvalue weighted by molar-refractivity contribution is 7.91. The van der Waals surface area contributed by atoms with Crippen molar-refractivity contribution in [1.82, 2.24) is 5.32 Å². The summed E-state index contributed by atoms with van der Waals surface area (Å²) >= 11 is 11.5. The molecule has 1 aromatic rings. The highest BCUT2D eigenvalue weighted by atomic mass is 35.5. The first-order chi connectivity index (χ1) is 10.2. The number of hydrogen-bond donors (Lipinski definition) is 2. The van der Waals surface area contributed by atoms with Crippen LogP contribution in [0, 0.1) is 0 Å². The van der Waals surface area contributed by atoms with E-state index in [4.69, 9.17) is 28.3 Å². The Morgan fingerprint density at radius 1 is 1.27 bits per heavy atom. The SMILES string of the molecule is CCS(=O)(=O)CCC(NC(=O)c1ccc(Cl)c(Cl)c1)C(=O)O. The highest BCUT2D eigenvalue weighted by Gasteiger charge is 2.23. The minimum absolute atomic E-state index is 0.0833. The molecule has 0 heterocycles. The Morgan fingerprint density at radius 3 is 2.41 bits per heavy atom. The minimum Gasteiger partial charge on any atom is -0.480 e. The quantitative estimate of drug-likeness (QED) is 0.767. The molecule has 1 amide bonds. The summed E-state index contributed by atoms with van der Waals surface area (Å²) in [5.41, 5.74) is 0.138. The lowest BCUT2D eigenvalue weighted by Crippen LogP contribution is -2.42. The van der Waals surface area contributed by atoms with E-state index in [0.717, 1.165) is 0 Å². The van der Waals surface area contributed by atoms with Gasteiger partial charge in [0.2, 0.25) is 0 Å². The molecule has 122 valence electrons. The zero-order valence-corrected chi connectivity index (χ0v) is 14.0. The van der Waals surface area contributed by atoms with Crippen LogP contribution in [0.15, 0.2) is 18.2 Å². The van der Waals surface area contributed by atoms with Crippen molar-refractivity contribution in [3.63, 3.8) is 0 Å². The number of hydrogen-bond acceptors (Lipinski definition) is 4. The molecule has 0 aliphatic heterocycles. The molecule has 1 rings (SSSR count). The maximum absolute atomic E-state index is 12.0. The van der Waals surface area contributed by atoms with E-state index in [0.29, 0.717) is 0 Å². The van der Waals surface area contributed by atoms with Gasteiger partial charge in [0, 0.05) is 11.3 Å². The van der Waals surface area contributed by atoms with Crippen LogP contribution in [0.1, 0.15) is 23.7 Å². The van der Waals surface area contributed by atoms with Crippen molar-refractivity contribution < 1.29 is 23.1 Å². The van der Waals surface area contributed by atoms with E-state index < -0.39 is 27.8 Å². The predicted molar refractivity (Wildman–Crippen MR) is 84.3 cm³/mol. The summed E-state index contributed by atoms with van der Waals surface area (Å²) in [5.74, 6) is -2.37. The van der Waals surface area contributed by atoms with Crippen molar-refractivity contribution in [1.29, 1.82) is 0 Å². The molecule has 0 saturated heterocycles. The third-order valence-electron chi connectivity index (χ3n) is 2.94. The molecule has 1 unspecified atom stereocenters. The van der Waals surface area contributed by atoms with Gasteiger partial charge in [-0.1, -0.05) is 30.1 Å². The Labute approximate surface area is 138 Å². The van der Waals surface area contributed by atoms with Crippen LogP contribution in [0.4, 0.5) is 0 Å². The first-order valence-electron chi connectivity index (χ1n) is 6.35. The lowest BCUT2D eigenvalue weighted by atomic mass is 10.1. The summed E-state index contributed by atoms with van der Waals surface area (Å²) in [6.45, 7) is 1.47. The Kier molecular flexibility index (Phi) is 6.65. The first kappa shape index (κ1) is 18.7. The van der Waals surface area contributed by atoms with E-state index in [2.05, 4.69) is 5.32 Å². The van der Waals surface area contributed by atoms with Crippen molar-refractivity contribution in [2.24, 2.45) is 0 Å². The normalized spacial score (nSPS) is 12.7. The fraction of sp³-hybridized carbons (Fsp3) is 0.385. The summed E-state index contributed by atoms with van der Waals surface area (Å²) in [6.07, 6.45) is -0.210. The number of amides is 1. The molecule has 0 fully saturated rings. The van der Waals surface area contributed by atoms with Crippen molar-refractivity contribution in [3.8, 4) is 0 Å². The number of carboxylic acids is 1. The van der Waals surface area contributed by atoms with Crippen LogP contribution < -0.4 is 5.32 Å². The zero-order chi connectivity index (χ0) is 16.9. The number of benzene rings is 1. The Morgan fingerprint density at radius 2 is 1.91 bits per heavy atom. The number of rotatable bonds is 7. The lowest BCUT2D eigenvalue weighted by molar-refractivity contribution is -0.139. The summed E-state index contributed by atoms with van der Waals surface area (Å²) in [7, 11) is -3.31. The molecule has 2 N–H and O–H groups in total. The van der Waals surface area contributed by atoms with Crippen LogP contribution in [0.5, 0.6) is 0 Å². The van der Waals surface area contributed by atoms with E-state index in [1.165, 1.54) is 25.1 Å². The van der Waals surface area contributed by atoms with Crippen LogP contribution in [0.2, 0.25) is 10.0 Å². The molecule has 0 spiro atoms. The Bertz CT molecular complexity index is 675.